The largest absolute Gasteiger partial charge is 0.497 e. The molecule has 0 amide bonds. The minimum atomic E-state index is -4.37. The van der Waals surface area contributed by atoms with Gasteiger partial charge < -0.3 is 18.9 Å². The number of ether oxygens (including phenoxy) is 4. The number of hydrogen-bond donors (Lipinski definition) is 0. The molecule has 0 radical (unpaired) electrons. The minimum Gasteiger partial charge on any atom is -0.497 e. The standard InChI is InChI=1S/C21H18F3NO4/c1-26-15-6-7-16-17(10-15)25-18(20-27-8-9-28-20)11-19(16)29-12-13-2-4-14(5-3-13)21(22,23)24/h2-7,10-11,20H,8-9,12H2,1H3. The van der Waals surface area contributed by atoms with Crippen LogP contribution in [0.2, 0.25) is 0 Å². The summed E-state index contributed by atoms with van der Waals surface area (Å²) in [5, 5.41) is 0.749. The van der Waals surface area contributed by atoms with Gasteiger partial charge in [0.25, 0.3) is 0 Å². The van der Waals surface area contributed by atoms with Gasteiger partial charge in [0.15, 0.2) is 0 Å². The van der Waals surface area contributed by atoms with Gasteiger partial charge in [-0.25, -0.2) is 4.98 Å². The molecule has 2 aromatic carbocycles. The van der Waals surface area contributed by atoms with Crippen LogP contribution in [0.1, 0.15) is 23.1 Å². The Balaban J connectivity index is 1.63. The van der Waals surface area contributed by atoms with Crippen LogP contribution in [0.5, 0.6) is 11.5 Å². The maximum absolute atomic E-state index is 12.7. The van der Waals surface area contributed by atoms with Crippen molar-refractivity contribution in [2.75, 3.05) is 20.3 Å². The molecule has 0 N–H and O–H groups in total. The zero-order chi connectivity index (χ0) is 20.4. The van der Waals surface area contributed by atoms with E-state index < -0.39 is 18.0 Å². The summed E-state index contributed by atoms with van der Waals surface area (Å²) in [6.45, 7) is 1.06. The van der Waals surface area contributed by atoms with E-state index in [1.165, 1.54) is 12.1 Å². The van der Waals surface area contributed by atoms with Crippen molar-refractivity contribution in [2.24, 2.45) is 0 Å². The van der Waals surface area contributed by atoms with Crippen LogP contribution in [0.15, 0.2) is 48.5 Å². The lowest BCUT2D eigenvalue weighted by Crippen LogP contribution is -2.06. The molecule has 1 fully saturated rings. The van der Waals surface area contributed by atoms with E-state index in [4.69, 9.17) is 18.9 Å². The summed E-state index contributed by atoms with van der Waals surface area (Å²) < 4.78 is 60.4. The molecule has 1 aliphatic heterocycles. The maximum Gasteiger partial charge on any atom is 0.416 e. The van der Waals surface area contributed by atoms with Gasteiger partial charge in [-0.3, -0.25) is 0 Å². The zero-order valence-electron chi connectivity index (χ0n) is 15.5. The minimum absolute atomic E-state index is 0.106. The summed E-state index contributed by atoms with van der Waals surface area (Å²) in [4.78, 5) is 4.59. The highest BCUT2D eigenvalue weighted by atomic mass is 19.4. The summed E-state index contributed by atoms with van der Waals surface area (Å²) in [5.41, 5.74) is 1.13. The highest BCUT2D eigenvalue weighted by Gasteiger charge is 2.30. The van der Waals surface area contributed by atoms with Gasteiger partial charge in [-0.05, 0) is 29.8 Å². The monoisotopic (exact) mass is 405 g/mol. The molecule has 2 heterocycles. The predicted octanol–water partition coefficient (Wildman–Crippen LogP) is 4.89. The fraction of sp³-hybridized carbons (Fsp3) is 0.286. The van der Waals surface area contributed by atoms with Crippen molar-refractivity contribution in [1.29, 1.82) is 0 Å². The second-order valence-corrected chi connectivity index (χ2v) is 6.49. The van der Waals surface area contributed by atoms with E-state index in [0.717, 1.165) is 17.5 Å². The van der Waals surface area contributed by atoms with Gasteiger partial charge in [-0.15, -0.1) is 0 Å². The first-order chi connectivity index (χ1) is 13.9. The molecule has 0 spiro atoms. The van der Waals surface area contributed by atoms with Crippen LogP contribution in [0, 0.1) is 0 Å². The van der Waals surface area contributed by atoms with Crippen LogP contribution >= 0.6 is 0 Å². The topological polar surface area (TPSA) is 49.8 Å². The fourth-order valence-electron chi connectivity index (χ4n) is 3.04. The van der Waals surface area contributed by atoms with E-state index in [2.05, 4.69) is 4.98 Å². The molecule has 4 rings (SSSR count). The normalized spacial score (nSPS) is 15.0. The lowest BCUT2D eigenvalue weighted by molar-refractivity contribution is -0.137. The van der Waals surface area contributed by atoms with Gasteiger partial charge in [0.05, 0.1) is 31.4 Å². The Bertz CT molecular complexity index is 999. The smallest absolute Gasteiger partial charge is 0.416 e. The molecule has 1 saturated heterocycles. The highest BCUT2D eigenvalue weighted by Crippen LogP contribution is 2.33. The van der Waals surface area contributed by atoms with Crippen LogP contribution in [-0.2, 0) is 22.3 Å². The number of benzene rings is 2. The Hall–Kier alpha value is -2.84. The average Bonchev–Trinajstić information content (AvgIpc) is 3.26. The number of pyridine rings is 1. The molecule has 152 valence electrons. The molecule has 8 heteroatoms. The van der Waals surface area contributed by atoms with E-state index in [-0.39, 0.29) is 6.61 Å². The summed E-state index contributed by atoms with van der Waals surface area (Å²) in [6, 6.07) is 12.0. The van der Waals surface area contributed by atoms with E-state index in [1.54, 1.807) is 25.3 Å². The molecular weight excluding hydrogens is 387 g/mol. The lowest BCUT2D eigenvalue weighted by Gasteiger charge is -2.15. The van der Waals surface area contributed by atoms with Crippen molar-refractivity contribution in [3.05, 3.63) is 65.4 Å². The molecular formula is C21H18F3NO4. The van der Waals surface area contributed by atoms with Crippen molar-refractivity contribution in [3.63, 3.8) is 0 Å². The SMILES string of the molecule is COc1ccc2c(OCc3ccc(C(F)(F)F)cc3)cc(C3OCCO3)nc2c1. The number of alkyl halides is 3. The van der Waals surface area contributed by atoms with E-state index >= 15 is 0 Å². The number of aromatic nitrogens is 1. The third kappa shape index (κ3) is 4.28. The second-order valence-electron chi connectivity index (χ2n) is 6.49. The van der Waals surface area contributed by atoms with E-state index in [9.17, 15) is 13.2 Å². The number of hydrogen-bond acceptors (Lipinski definition) is 5. The van der Waals surface area contributed by atoms with Crippen LogP contribution < -0.4 is 9.47 Å². The van der Waals surface area contributed by atoms with Crippen LogP contribution in [0.3, 0.4) is 0 Å². The van der Waals surface area contributed by atoms with Crippen molar-refractivity contribution < 1.29 is 32.1 Å². The first kappa shape index (κ1) is 19.5. The molecule has 0 bridgehead atoms. The van der Waals surface area contributed by atoms with Gasteiger partial charge in [-0.2, -0.15) is 13.2 Å². The Morgan fingerprint density at radius 3 is 2.41 bits per heavy atom. The van der Waals surface area contributed by atoms with Gasteiger partial charge in [0, 0.05) is 17.5 Å². The molecule has 3 aromatic rings. The van der Waals surface area contributed by atoms with Crippen LogP contribution in [-0.4, -0.2) is 25.3 Å². The first-order valence-corrected chi connectivity index (χ1v) is 8.95. The zero-order valence-corrected chi connectivity index (χ0v) is 15.5. The highest BCUT2D eigenvalue weighted by molar-refractivity contribution is 5.86. The van der Waals surface area contributed by atoms with E-state index in [1.807, 2.05) is 6.07 Å². The fourth-order valence-corrected chi connectivity index (χ4v) is 3.04. The van der Waals surface area contributed by atoms with E-state index in [0.29, 0.717) is 41.5 Å². The van der Waals surface area contributed by atoms with Crippen molar-refractivity contribution in [3.8, 4) is 11.5 Å². The summed E-state index contributed by atoms with van der Waals surface area (Å²) in [7, 11) is 1.57. The van der Waals surface area contributed by atoms with Gasteiger partial charge in [0.1, 0.15) is 23.8 Å². The quantitative estimate of drug-likeness (QED) is 0.605. The van der Waals surface area contributed by atoms with Gasteiger partial charge in [0.2, 0.25) is 6.29 Å². The number of rotatable bonds is 5. The summed E-state index contributed by atoms with van der Waals surface area (Å²) in [6.07, 6.45) is -4.95. The average molecular weight is 405 g/mol. The molecule has 1 aromatic heterocycles. The predicted molar refractivity (Wildman–Crippen MR) is 98.7 cm³/mol. The summed E-state index contributed by atoms with van der Waals surface area (Å²) in [5.74, 6) is 1.18. The molecule has 0 unspecified atom stereocenters. The third-order valence-corrected chi connectivity index (χ3v) is 4.54. The van der Waals surface area contributed by atoms with Gasteiger partial charge in [-0.1, -0.05) is 12.1 Å². The molecule has 0 saturated carbocycles. The Morgan fingerprint density at radius 2 is 1.76 bits per heavy atom. The van der Waals surface area contributed by atoms with Gasteiger partial charge >= 0.3 is 6.18 Å². The van der Waals surface area contributed by atoms with Crippen LogP contribution in [0.4, 0.5) is 13.2 Å². The number of fused-ring (bicyclic) bond motifs is 1. The Labute approximate surface area is 165 Å². The number of nitrogens with zero attached hydrogens (tertiary/aromatic N) is 1. The first-order valence-electron chi connectivity index (χ1n) is 8.95. The number of halogens is 3. The lowest BCUT2D eigenvalue weighted by atomic mass is 10.1. The molecule has 1 aliphatic rings. The Kier molecular flexibility index (Phi) is 5.29. The molecule has 0 aliphatic carbocycles. The van der Waals surface area contributed by atoms with Crippen molar-refractivity contribution in [2.45, 2.75) is 19.1 Å². The maximum atomic E-state index is 12.7. The molecule has 5 nitrogen and oxygen atoms in total. The second kappa shape index (κ2) is 7.88. The summed E-state index contributed by atoms with van der Waals surface area (Å²) >= 11 is 0. The molecule has 29 heavy (non-hydrogen) atoms. The Morgan fingerprint density at radius 1 is 1.03 bits per heavy atom. The van der Waals surface area contributed by atoms with Crippen molar-refractivity contribution in [1.82, 2.24) is 4.98 Å². The van der Waals surface area contributed by atoms with Crippen molar-refractivity contribution >= 4 is 10.9 Å². The van der Waals surface area contributed by atoms with Crippen LogP contribution in [0.25, 0.3) is 10.9 Å². The number of methoxy groups -OCH3 is 1. The third-order valence-electron chi connectivity index (χ3n) is 4.54. The molecule has 0 atom stereocenters.